The molecule has 1 aromatic carbocycles. The molecule has 1 saturated carbocycles. The Hall–Kier alpha value is -1.35. The third kappa shape index (κ3) is 2.02. The van der Waals surface area contributed by atoms with Crippen LogP contribution >= 0.6 is 0 Å². The van der Waals surface area contributed by atoms with E-state index in [9.17, 15) is 0 Å². The number of hydrogen-bond acceptors (Lipinski definition) is 2. The lowest BCUT2D eigenvalue weighted by Crippen LogP contribution is -2.29. The first-order valence-electron chi connectivity index (χ1n) is 8.27. The lowest BCUT2D eigenvalue weighted by Gasteiger charge is -2.28. The molecular weight excluding hydrogens is 258 g/mol. The van der Waals surface area contributed by atoms with Crippen LogP contribution in [-0.2, 0) is 5.54 Å². The second kappa shape index (κ2) is 4.57. The van der Waals surface area contributed by atoms with Gasteiger partial charge in [0.05, 0.1) is 17.1 Å². The number of fused-ring (bicyclic) bond motifs is 2. The van der Waals surface area contributed by atoms with Crippen LogP contribution in [0, 0.1) is 11.8 Å². The minimum atomic E-state index is 0.0593. The first-order valence-corrected chi connectivity index (χ1v) is 8.27. The molecule has 1 aliphatic heterocycles. The van der Waals surface area contributed by atoms with Crippen molar-refractivity contribution in [3.8, 4) is 0 Å². The van der Waals surface area contributed by atoms with Crippen molar-refractivity contribution in [2.24, 2.45) is 11.8 Å². The van der Waals surface area contributed by atoms with Crippen molar-refractivity contribution in [3.05, 3.63) is 30.1 Å². The molecule has 3 nitrogen and oxygen atoms in total. The van der Waals surface area contributed by atoms with E-state index in [2.05, 4.69) is 54.9 Å². The van der Waals surface area contributed by atoms with Gasteiger partial charge >= 0.3 is 0 Å². The van der Waals surface area contributed by atoms with Crippen LogP contribution < -0.4 is 5.32 Å². The van der Waals surface area contributed by atoms with Crippen LogP contribution in [0.5, 0.6) is 0 Å². The molecule has 0 spiro atoms. The van der Waals surface area contributed by atoms with Crippen molar-refractivity contribution in [1.29, 1.82) is 0 Å². The van der Waals surface area contributed by atoms with Crippen molar-refractivity contribution in [1.82, 2.24) is 14.9 Å². The SMILES string of the molecule is CC(C)(C)n1c(C2NCC3CCCC32)nc2ccccc21. The molecule has 2 aromatic rings. The van der Waals surface area contributed by atoms with Crippen molar-refractivity contribution in [3.63, 3.8) is 0 Å². The molecule has 2 heterocycles. The van der Waals surface area contributed by atoms with Crippen LogP contribution in [0.2, 0.25) is 0 Å². The largest absolute Gasteiger partial charge is 0.321 e. The minimum absolute atomic E-state index is 0.0593. The molecule has 1 aliphatic carbocycles. The molecule has 2 aliphatic rings. The van der Waals surface area contributed by atoms with Gasteiger partial charge in [-0.25, -0.2) is 4.98 Å². The molecule has 0 bridgehead atoms. The van der Waals surface area contributed by atoms with E-state index in [1.807, 2.05) is 0 Å². The van der Waals surface area contributed by atoms with Gasteiger partial charge in [-0.15, -0.1) is 0 Å². The highest BCUT2D eigenvalue weighted by Crippen LogP contribution is 2.45. The smallest absolute Gasteiger partial charge is 0.127 e. The molecule has 2 fully saturated rings. The Morgan fingerprint density at radius 3 is 2.81 bits per heavy atom. The van der Waals surface area contributed by atoms with E-state index in [-0.39, 0.29) is 5.54 Å². The van der Waals surface area contributed by atoms with Crippen LogP contribution in [0.15, 0.2) is 24.3 Å². The Labute approximate surface area is 126 Å². The predicted octanol–water partition coefficient (Wildman–Crippen LogP) is 3.85. The number of nitrogens with zero attached hydrogens (tertiary/aromatic N) is 2. The summed E-state index contributed by atoms with van der Waals surface area (Å²) in [6.07, 6.45) is 4.14. The molecule has 21 heavy (non-hydrogen) atoms. The summed E-state index contributed by atoms with van der Waals surface area (Å²) in [7, 11) is 0. The molecule has 3 unspecified atom stereocenters. The first-order chi connectivity index (χ1) is 10.1. The van der Waals surface area contributed by atoms with Gasteiger partial charge in [0.15, 0.2) is 0 Å². The normalized spacial score (nSPS) is 29.2. The van der Waals surface area contributed by atoms with E-state index >= 15 is 0 Å². The van der Waals surface area contributed by atoms with E-state index in [0.29, 0.717) is 6.04 Å². The van der Waals surface area contributed by atoms with Gasteiger partial charge in [-0.05, 0) is 64.1 Å². The fraction of sp³-hybridized carbons (Fsp3) is 0.611. The Balaban J connectivity index is 1.88. The average Bonchev–Trinajstić information content (AvgIpc) is 3.10. The summed E-state index contributed by atoms with van der Waals surface area (Å²) >= 11 is 0. The number of aromatic nitrogens is 2. The van der Waals surface area contributed by atoms with Crippen LogP contribution in [0.1, 0.15) is 51.9 Å². The molecule has 3 heteroatoms. The van der Waals surface area contributed by atoms with E-state index < -0.39 is 0 Å². The minimum Gasteiger partial charge on any atom is -0.321 e. The zero-order valence-electron chi connectivity index (χ0n) is 13.3. The van der Waals surface area contributed by atoms with Crippen molar-refractivity contribution >= 4 is 11.0 Å². The maximum atomic E-state index is 5.02. The van der Waals surface area contributed by atoms with Gasteiger partial charge in [-0.2, -0.15) is 0 Å². The lowest BCUT2D eigenvalue weighted by molar-refractivity contribution is 0.343. The van der Waals surface area contributed by atoms with Crippen molar-refractivity contribution in [2.45, 2.75) is 51.6 Å². The molecule has 1 aromatic heterocycles. The van der Waals surface area contributed by atoms with Crippen LogP contribution in [-0.4, -0.2) is 16.1 Å². The van der Waals surface area contributed by atoms with Gasteiger partial charge in [0, 0.05) is 5.54 Å². The quantitative estimate of drug-likeness (QED) is 0.861. The number of imidazole rings is 1. The highest BCUT2D eigenvalue weighted by molar-refractivity contribution is 5.76. The highest BCUT2D eigenvalue weighted by atomic mass is 15.2. The Kier molecular flexibility index (Phi) is 2.90. The molecule has 4 rings (SSSR count). The number of nitrogens with one attached hydrogen (secondary N) is 1. The number of para-hydroxylation sites is 2. The summed E-state index contributed by atoms with van der Waals surface area (Å²) in [4.78, 5) is 5.02. The molecule has 1 N–H and O–H groups in total. The highest BCUT2D eigenvalue weighted by Gasteiger charge is 2.42. The Morgan fingerprint density at radius 1 is 1.19 bits per heavy atom. The van der Waals surface area contributed by atoms with Crippen molar-refractivity contribution in [2.75, 3.05) is 6.54 Å². The molecular formula is C18H25N3. The molecule has 1 saturated heterocycles. The van der Waals surface area contributed by atoms with Crippen LogP contribution in [0.4, 0.5) is 0 Å². The van der Waals surface area contributed by atoms with E-state index in [1.165, 1.54) is 37.1 Å². The summed E-state index contributed by atoms with van der Waals surface area (Å²) < 4.78 is 2.46. The summed E-state index contributed by atoms with van der Waals surface area (Å²) in [5, 5.41) is 3.77. The third-order valence-corrected chi connectivity index (χ3v) is 5.28. The summed E-state index contributed by atoms with van der Waals surface area (Å²) in [6.45, 7) is 8.02. The fourth-order valence-corrected chi connectivity index (χ4v) is 4.43. The second-order valence-corrected chi connectivity index (χ2v) is 7.71. The van der Waals surface area contributed by atoms with E-state index in [0.717, 1.165) is 17.4 Å². The Bertz CT molecular complexity index is 665. The average molecular weight is 283 g/mol. The van der Waals surface area contributed by atoms with Gasteiger partial charge in [0.1, 0.15) is 5.82 Å². The summed E-state index contributed by atoms with van der Waals surface area (Å²) in [5.41, 5.74) is 2.46. The molecule has 112 valence electrons. The van der Waals surface area contributed by atoms with Crippen LogP contribution in [0.3, 0.4) is 0 Å². The number of hydrogen-bond donors (Lipinski definition) is 1. The number of benzene rings is 1. The molecule has 0 radical (unpaired) electrons. The van der Waals surface area contributed by atoms with Gasteiger partial charge in [-0.1, -0.05) is 18.6 Å². The molecule has 3 atom stereocenters. The monoisotopic (exact) mass is 283 g/mol. The van der Waals surface area contributed by atoms with Gasteiger partial charge in [0.25, 0.3) is 0 Å². The third-order valence-electron chi connectivity index (χ3n) is 5.28. The first kappa shape index (κ1) is 13.3. The molecule has 0 amide bonds. The van der Waals surface area contributed by atoms with Gasteiger partial charge in [-0.3, -0.25) is 0 Å². The number of rotatable bonds is 1. The van der Waals surface area contributed by atoms with Gasteiger partial charge in [0.2, 0.25) is 0 Å². The second-order valence-electron chi connectivity index (χ2n) is 7.71. The summed E-state index contributed by atoms with van der Waals surface area (Å²) in [6, 6.07) is 8.99. The fourth-order valence-electron chi connectivity index (χ4n) is 4.43. The summed E-state index contributed by atoms with van der Waals surface area (Å²) in [5.74, 6) is 2.89. The Morgan fingerprint density at radius 2 is 2.00 bits per heavy atom. The van der Waals surface area contributed by atoms with E-state index in [1.54, 1.807) is 0 Å². The van der Waals surface area contributed by atoms with Gasteiger partial charge < -0.3 is 9.88 Å². The lowest BCUT2D eigenvalue weighted by atomic mass is 9.93. The standard InChI is InChI=1S/C18H25N3/c1-18(2,3)21-15-10-5-4-9-14(15)20-17(21)16-13-8-6-7-12(13)11-19-16/h4-5,9-10,12-13,16,19H,6-8,11H2,1-3H3. The predicted molar refractivity (Wildman–Crippen MR) is 86.3 cm³/mol. The zero-order chi connectivity index (χ0) is 14.6. The van der Waals surface area contributed by atoms with E-state index in [4.69, 9.17) is 4.98 Å². The van der Waals surface area contributed by atoms with Crippen LogP contribution in [0.25, 0.3) is 11.0 Å². The maximum Gasteiger partial charge on any atom is 0.127 e. The topological polar surface area (TPSA) is 29.9 Å². The maximum absolute atomic E-state index is 5.02. The van der Waals surface area contributed by atoms with Crippen molar-refractivity contribution < 1.29 is 0 Å². The zero-order valence-corrected chi connectivity index (χ0v) is 13.3.